The van der Waals surface area contributed by atoms with Gasteiger partial charge < -0.3 is 9.84 Å². The summed E-state index contributed by atoms with van der Waals surface area (Å²) in [5.41, 5.74) is 1.72. The summed E-state index contributed by atoms with van der Waals surface area (Å²) < 4.78 is 5.10. The number of hydrogen-bond acceptors (Lipinski definition) is 3. The zero-order chi connectivity index (χ0) is 13.1. The van der Waals surface area contributed by atoms with Crippen LogP contribution in [0.4, 0.5) is 0 Å². The summed E-state index contributed by atoms with van der Waals surface area (Å²) >= 11 is 0. The van der Waals surface area contributed by atoms with Gasteiger partial charge in [-0.15, -0.1) is 0 Å². The Morgan fingerprint density at radius 3 is 2.72 bits per heavy atom. The molecule has 0 aliphatic heterocycles. The zero-order valence-electron chi connectivity index (χ0n) is 10.6. The van der Waals surface area contributed by atoms with Gasteiger partial charge in [0.15, 0.2) is 6.10 Å². The number of aliphatic hydroxyl groups excluding tert-OH is 1. The third-order valence-electron chi connectivity index (χ3n) is 3.01. The number of ether oxygens (including phenoxy) is 1. The SMILES string of the molecule is CCOC(=N)C(O)c1c(C)ccc2ccccc12. The van der Waals surface area contributed by atoms with E-state index in [0.717, 1.165) is 21.9 Å². The third-order valence-corrected chi connectivity index (χ3v) is 3.01. The van der Waals surface area contributed by atoms with Crippen molar-refractivity contribution in [3.63, 3.8) is 0 Å². The lowest BCUT2D eigenvalue weighted by Gasteiger charge is -2.17. The highest BCUT2D eigenvalue weighted by atomic mass is 16.5. The molecule has 0 radical (unpaired) electrons. The lowest BCUT2D eigenvalue weighted by Crippen LogP contribution is -2.16. The first-order valence-electron chi connectivity index (χ1n) is 6.02. The molecule has 0 fully saturated rings. The van der Waals surface area contributed by atoms with Crippen molar-refractivity contribution in [2.24, 2.45) is 0 Å². The number of rotatable bonds is 3. The first-order valence-corrected chi connectivity index (χ1v) is 6.02. The Hall–Kier alpha value is -1.87. The van der Waals surface area contributed by atoms with E-state index in [0.29, 0.717) is 6.61 Å². The molecule has 18 heavy (non-hydrogen) atoms. The van der Waals surface area contributed by atoms with Gasteiger partial charge in [0.05, 0.1) is 6.61 Å². The van der Waals surface area contributed by atoms with E-state index in [1.54, 1.807) is 6.92 Å². The molecule has 94 valence electrons. The van der Waals surface area contributed by atoms with Crippen molar-refractivity contribution < 1.29 is 9.84 Å². The molecule has 0 bridgehead atoms. The fourth-order valence-corrected chi connectivity index (χ4v) is 2.13. The Morgan fingerprint density at radius 2 is 2.00 bits per heavy atom. The second-order valence-corrected chi connectivity index (χ2v) is 4.22. The van der Waals surface area contributed by atoms with E-state index >= 15 is 0 Å². The first kappa shape index (κ1) is 12.6. The third kappa shape index (κ3) is 2.22. The van der Waals surface area contributed by atoms with Gasteiger partial charge in [0, 0.05) is 5.56 Å². The van der Waals surface area contributed by atoms with Crippen molar-refractivity contribution in [2.45, 2.75) is 20.0 Å². The maximum Gasteiger partial charge on any atom is 0.214 e. The van der Waals surface area contributed by atoms with Gasteiger partial charge in [-0.25, -0.2) is 0 Å². The maximum absolute atomic E-state index is 10.2. The summed E-state index contributed by atoms with van der Waals surface area (Å²) in [6, 6.07) is 11.8. The van der Waals surface area contributed by atoms with E-state index < -0.39 is 6.10 Å². The van der Waals surface area contributed by atoms with Crippen molar-refractivity contribution in [1.82, 2.24) is 0 Å². The molecule has 3 heteroatoms. The smallest absolute Gasteiger partial charge is 0.214 e. The topological polar surface area (TPSA) is 53.3 Å². The van der Waals surface area contributed by atoms with Crippen LogP contribution in [0.1, 0.15) is 24.2 Å². The van der Waals surface area contributed by atoms with Gasteiger partial charge in [-0.1, -0.05) is 36.4 Å². The predicted molar refractivity (Wildman–Crippen MR) is 73.0 cm³/mol. The van der Waals surface area contributed by atoms with E-state index in [-0.39, 0.29) is 5.90 Å². The van der Waals surface area contributed by atoms with Crippen molar-refractivity contribution in [3.8, 4) is 0 Å². The molecule has 2 N–H and O–H groups in total. The van der Waals surface area contributed by atoms with Gasteiger partial charge in [0.2, 0.25) is 5.90 Å². The van der Waals surface area contributed by atoms with E-state index in [1.807, 2.05) is 43.3 Å². The predicted octanol–water partition coefficient (Wildman–Crippen LogP) is 3.20. The summed E-state index contributed by atoms with van der Waals surface area (Å²) in [6.45, 7) is 4.13. The minimum atomic E-state index is -1.00. The quantitative estimate of drug-likeness (QED) is 0.642. The largest absolute Gasteiger partial charge is 0.479 e. The van der Waals surface area contributed by atoms with Crippen molar-refractivity contribution in [3.05, 3.63) is 47.5 Å². The molecule has 0 spiro atoms. The number of aliphatic hydroxyl groups is 1. The Balaban J connectivity index is 2.55. The molecular weight excluding hydrogens is 226 g/mol. The second-order valence-electron chi connectivity index (χ2n) is 4.22. The number of fused-ring (bicyclic) bond motifs is 1. The molecule has 0 aliphatic rings. The molecule has 0 saturated carbocycles. The van der Waals surface area contributed by atoms with Crippen LogP contribution in [0, 0.1) is 12.3 Å². The number of hydrogen-bond donors (Lipinski definition) is 2. The zero-order valence-corrected chi connectivity index (χ0v) is 10.6. The summed E-state index contributed by atoms with van der Waals surface area (Å²) in [5.74, 6) is -0.100. The number of nitrogens with one attached hydrogen (secondary N) is 1. The molecule has 2 rings (SSSR count). The molecule has 0 heterocycles. The van der Waals surface area contributed by atoms with E-state index in [4.69, 9.17) is 10.1 Å². The Morgan fingerprint density at radius 1 is 1.28 bits per heavy atom. The van der Waals surface area contributed by atoms with Crippen LogP contribution in [0.2, 0.25) is 0 Å². The van der Waals surface area contributed by atoms with Gasteiger partial charge >= 0.3 is 0 Å². The minimum absolute atomic E-state index is 0.100. The molecule has 0 amide bonds. The van der Waals surface area contributed by atoms with Crippen LogP contribution in [-0.2, 0) is 4.74 Å². The Bertz CT molecular complexity index is 578. The monoisotopic (exact) mass is 243 g/mol. The number of aryl methyl sites for hydroxylation is 1. The average Bonchev–Trinajstić information content (AvgIpc) is 2.38. The molecule has 3 nitrogen and oxygen atoms in total. The highest BCUT2D eigenvalue weighted by molar-refractivity contribution is 5.92. The van der Waals surface area contributed by atoms with Gasteiger partial charge in [-0.2, -0.15) is 0 Å². The van der Waals surface area contributed by atoms with Gasteiger partial charge in [0.1, 0.15) is 0 Å². The Kier molecular flexibility index (Phi) is 3.63. The maximum atomic E-state index is 10.2. The molecule has 1 unspecified atom stereocenters. The second kappa shape index (κ2) is 5.19. The standard InChI is InChI=1S/C15H17NO2/c1-3-18-15(16)14(17)13-10(2)8-9-11-6-4-5-7-12(11)13/h4-9,14,16-17H,3H2,1-2H3. The lowest BCUT2D eigenvalue weighted by molar-refractivity contribution is 0.191. The molecular formula is C15H17NO2. The summed E-state index contributed by atoms with van der Waals surface area (Å²) in [7, 11) is 0. The van der Waals surface area contributed by atoms with Crippen LogP contribution in [0.25, 0.3) is 10.8 Å². The van der Waals surface area contributed by atoms with Gasteiger partial charge in [0.25, 0.3) is 0 Å². The molecule has 1 atom stereocenters. The molecule has 0 aromatic heterocycles. The normalized spacial score (nSPS) is 12.4. The first-order chi connectivity index (χ1) is 8.65. The van der Waals surface area contributed by atoms with Gasteiger partial charge in [-0.05, 0) is 30.2 Å². The van der Waals surface area contributed by atoms with Crippen LogP contribution >= 0.6 is 0 Å². The van der Waals surface area contributed by atoms with Crippen molar-refractivity contribution >= 4 is 16.7 Å². The van der Waals surface area contributed by atoms with Crippen LogP contribution in [0.15, 0.2) is 36.4 Å². The lowest BCUT2D eigenvalue weighted by atomic mass is 9.95. The molecule has 2 aromatic rings. The fourth-order valence-electron chi connectivity index (χ4n) is 2.13. The highest BCUT2D eigenvalue weighted by Crippen LogP contribution is 2.28. The molecule has 0 saturated heterocycles. The van der Waals surface area contributed by atoms with E-state index in [2.05, 4.69) is 0 Å². The van der Waals surface area contributed by atoms with Crippen LogP contribution in [-0.4, -0.2) is 17.6 Å². The van der Waals surface area contributed by atoms with E-state index in [9.17, 15) is 5.11 Å². The molecule has 2 aromatic carbocycles. The van der Waals surface area contributed by atoms with Crippen LogP contribution in [0.3, 0.4) is 0 Å². The van der Waals surface area contributed by atoms with Crippen LogP contribution < -0.4 is 0 Å². The molecule has 0 aliphatic carbocycles. The Labute approximate surface area is 107 Å². The van der Waals surface area contributed by atoms with Crippen molar-refractivity contribution in [2.75, 3.05) is 6.61 Å². The summed E-state index contributed by atoms with van der Waals surface area (Å²) in [6.07, 6.45) is -1.00. The van der Waals surface area contributed by atoms with Crippen molar-refractivity contribution in [1.29, 1.82) is 5.41 Å². The fraction of sp³-hybridized carbons (Fsp3) is 0.267. The van der Waals surface area contributed by atoms with Crippen LogP contribution in [0.5, 0.6) is 0 Å². The van der Waals surface area contributed by atoms with E-state index in [1.165, 1.54) is 0 Å². The minimum Gasteiger partial charge on any atom is -0.479 e. The summed E-state index contributed by atoms with van der Waals surface area (Å²) in [5, 5.41) is 20.0. The van der Waals surface area contributed by atoms with Gasteiger partial charge in [-0.3, -0.25) is 5.41 Å². The number of benzene rings is 2. The summed E-state index contributed by atoms with van der Waals surface area (Å²) in [4.78, 5) is 0. The average molecular weight is 243 g/mol. The highest BCUT2D eigenvalue weighted by Gasteiger charge is 2.19.